The number of aromatic carboxylic acids is 3. The van der Waals surface area contributed by atoms with Crippen LogP contribution >= 0.6 is 0 Å². The molecule has 3 aliphatic carbocycles. The molecule has 0 aromatic heterocycles. The fourth-order valence-electron chi connectivity index (χ4n) is 15.2. The number of Topliss-reactive ketones (excluding diaryl/α,β-unsaturated/α-hetero) is 3. The molecule has 9 N–H and O–H groups in total. The number of para-hydroxylation sites is 6. The van der Waals surface area contributed by atoms with Gasteiger partial charge in [-0.05, 0) is 130 Å². The highest BCUT2D eigenvalue weighted by molar-refractivity contribution is 6.11. The summed E-state index contributed by atoms with van der Waals surface area (Å²) >= 11 is 0. The molecule has 6 aromatic carbocycles. The van der Waals surface area contributed by atoms with Crippen molar-refractivity contribution in [2.24, 2.45) is 16.2 Å². The van der Waals surface area contributed by atoms with Gasteiger partial charge in [-0.3, -0.25) is 28.8 Å². The van der Waals surface area contributed by atoms with E-state index < -0.39 is 70.4 Å². The summed E-state index contributed by atoms with van der Waals surface area (Å²) in [5.41, 5.74) is 3.76. The molecule has 6 aliphatic rings. The van der Waals surface area contributed by atoms with Crippen molar-refractivity contribution in [1.29, 1.82) is 0 Å². The first-order valence-electron chi connectivity index (χ1n) is 39.5. The predicted molar refractivity (Wildman–Crippen MR) is 440 cm³/mol. The van der Waals surface area contributed by atoms with Crippen molar-refractivity contribution in [2.45, 2.75) is 195 Å². The summed E-state index contributed by atoms with van der Waals surface area (Å²) in [6.07, 6.45) is 16.1. The third-order valence-electron chi connectivity index (χ3n) is 21.8. The Morgan fingerprint density at radius 2 is 0.553 bits per heavy atom. The average Bonchev–Trinajstić information content (AvgIpc) is 1.61. The molecule has 606 valence electrons. The normalized spacial score (nSPS) is 18.4. The Balaban J connectivity index is 0.000000181. The predicted octanol–water partition coefficient (Wildman–Crippen LogP) is 14.0. The van der Waals surface area contributed by atoms with E-state index in [9.17, 15) is 72.9 Å². The first-order chi connectivity index (χ1) is 54.1. The summed E-state index contributed by atoms with van der Waals surface area (Å²) in [7, 11) is 0. The van der Waals surface area contributed by atoms with Gasteiger partial charge in [-0.2, -0.15) is 0 Å². The fraction of sp³-hybridized carbons (Fsp3) is 0.448. The highest BCUT2D eigenvalue weighted by atomic mass is 16.4. The summed E-state index contributed by atoms with van der Waals surface area (Å²) in [5.74, 6) is -4.64. The molecule has 114 heavy (non-hydrogen) atoms. The Morgan fingerprint density at radius 3 is 0.772 bits per heavy atom. The molecule has 0 radical (unpaired) electrons. The minimum Gasteiger partial charge on any atom is -0.478 e. The zero-order chi connectivity index (χ0) is 82.3. The van der Waals surface area contributed by atoms with Crippen molar-refractivity contribution in [3.05, 3.63) is 162 Å². The maximum Gasteiger partial charge on any atom is 0.335 e. The molecule has 3 saturated carbocycles. The Labute approximate surface area is 665 Å². The first kappa shape index (κ1) is 84.8. The van der Waals surface area contributed by atoms with Crippen LogP contribution in [0.2, 0.25) is 0 Å². The minimum absolute atomic E-state index is 0.0409. The van der Waals surface area contributed by atoms with E-state index >= 15 is 0 Å². The number of hydrogen-bond donors (Lipinski definition) is 9. The number of nitrogens with one attached hydrogen (secondary N) is 6. The molecule has 0 bridgehead atoms. The van der Waals surface area contributed by atoms with Crippen molar-refractivity contribution in [3.63, 3.8) is 0 Å². The lowest BCUT2D eigenvalue weighted by Gasteiger charge is -2.37. The largest absolute Gasteiger partial charge is 0.478 e. The second-order valence-corrected chi connectivity index (χ2v) is 33.2. The van der Waals surface area contributed by atoms with E-state index in [1.807, 2.05) is 135 Å². The Morgan fingerprint density at radius 1 is 0.325 bits per heavy atom. The number of carboxylic acids is 3. The molecule has 3 fully saturated rings. The maximum absolute atomic E-state index is 14.0. The van der Waals surface area contributed by atoms with Crippen LogP contribution in [0.25, 0.3) is 0 Å². The van der Waals surface area contributed by atoms with Gasteiger partial charge in [0.2, 0.25) is 0 Å². The number of rotatable bonds is 18. The van der Waals surface area contributed by atoms with Crippen molar-refractivity contribution in [2.75, 3.05) is 84.6 Å². The Bertz CT molecular complexity index is 4100. The van der Waals surface area contributed by atoms with E-state index in [-0.39, 0.29) is 109 Å². The number of nitrogens with zero attached hydrogens (tertiary/aromatic N) is 6. The number of ketones is 3. The van der Waals surface area contributed by atoms with Crippen LogP contribution in [0.4, 0.5) is 65.6 Å². The lowest BCUT2D eigenvalue weighted by atomic mass is 9.90. The molecule has 3 aliphatic heterocycles. The number of amides is 9. The molecule has 0 unspecified atom stereocenters. The fourth-order valence-corrected chi connectivity index (χ4v) is 15.2. The summed E-state index contributed by atoms with van der Waals surface area (Å²) in [6, 6.07) is 36.6. The molecule has 12 rings (SSSR count). The SMILES string of the molecule is CC(C)(C)C(=O)CN1C(=O)[C@H](NC(=O)Nc2cccc(C(=O)O)c2)CN(C2CCCCC2)c2ccccc21.CC(C)(C)C(=O)CN1C(=O)[C@H](NC(=O)Nc2cccc(C(=O)O)c2)CN(C2CCCCC2)c2ccccc21.CC(C)(C)C(=O)CN1C(=O)[C@H](NC(=O)Nc2cccc(C(=O)O)c2)CN(C2CCCCC2)c2ccccc21. The van der Waals surface area contributed by atoms with E-state index in [1.54, 1.807) is 18.2 Å². The second kappa shape index (κ2) is 37.3. The van der Waals surface area contributed by atoms with Crippen LogP contribution in [0.3, 0.4) is 0 Å². The van der Waals surface area contributed by atoms with Gasteiger partial charge in [-0.15, -0.1) is 0 Å². The molecular weight excluding hydrogens is 1450 g/mol. The van der Waals surface area contributed by atoms with Crippen LogP contribution < -0.4 is 61.3 Å². The first-order valence-corrected chi connectivity index (χ1v) is 39.5. The van der Waals surface area contributed by atoms with Crippen LogP contribution in [-0.2, 0) is 28.8 Å². The molecule has 27 nitrogen and oxygen atoms in total. The minimum atomic E-state index is -1.10. The average molecular weight is 1560 g/mol. The molecule has 0 saturated heterocycles. The van der Waals surface area contributed by atoms with E-state index in [2.05, 4.69) is 46.6 Å². The standard InChI is InChI=1S/3C29H36N4O5/c3*1-29(2,3)25(34)18-33-24-15-8-7-14-23(24)32(21-12-5-4-6-13-21)17-22(26(33)35)31-28(38)30-20-11-9-10-19(16-20)27(36)37/h3*7-11,14-16,21-22H,4-6,12-13,17-18H2,1-3H3,(H,36,37)(H2,30,31,38)/t3*22-/m111/s1. The van der Waals surface area contributed by atoms with Crippen LogP contribution in [-0.4, -0.2) is 162 Å². The Hall–Kier alpha value is -11.6. The van der Waals surface area contributed by atoms with Crippen molar-refractivity contribution < 1.29 is 72.9 Å². The highest BCUT2D eigenvalue weighted by Crippen LogP contribution is 2.42. The smallest absolute Gasteiger partial charge is 0.335 e. The van der Waals surface area contributed by atoms with Crippen LogP contribution in [0.15, 0.2) is 146 Å². The van der Waals surface area contributed by atoms with E-state index in [4.69, 9.17) is 0 Å². The van der Waals surface area contributed by atoms with Gasteiger partial charge in [0, 0.05) is 71.1 Å². The molecule has 3 atom stereocenters. The van der Waals surface area contributed by atoms with Gasteiger partial charge >= 0.3 is 36.0 Å². The topological polar surface area (TPSA) is 357 Å². The summed E-state index contributed by atoms with van der Waals surface area (Å²) in [5, 5.41) is 44.2. The molecule has 0 spiro atoms. The van der Waals surface area contributed by atoms with E-state index in [0.717, 1.165) is 94.1 Å². The molecule has 6 aromatic rings. The monoisotopic (exact) mass is 1560 g/mol. The van der Waals surface area contributed by atoms with Crippen LogP contribution in [0, 0.1) is 16.2 Å². The van der Waals surface area contributed by atoms with Crippen LogP contribution in [0.5, 0.6) is 0 Å². The van der Waals surface area contributed by atoms with Gasteiger partial charge < -0.3 is 76.6 Å². The Kier molecular flexibility index (Phi) is 27.8. The number of carbonyl (C=O) groups is 12. The van der Waals surface area contributed by atoms with Gasteiger partial charge in [0.05, 0.1) is 70.4 Å². The summed E-state index contributed by atoms with van der Waals surface area (Å²) in [6.45, 7) is 16.9. The molecular formula is C87H108N12O15. The van der Waals surface area contributed by atoms with Crippen LogP contribution in [0.1, 0.15) is 190 Å². The number of carbonyl (C=O) groups excluding carboxylic acids is 9. The third kappa shape index (κ3) is 21.8. The lowest BCUT2D eigenvalue weighted by molar-refractivity contribution is -0.127. The number of carboxylic acid groups (broad SMARTS) is 3. The van der Waals surface area contributed by atoms with E-state index in [0.29, 0.717) is 34.1 Å². The summed E-state index contributed by atoms with van der Waals surface area (Å²) < 4.78 is 0. The lowest BCUT2D eigenvalue weighted by Crippen LogP contribution is -2.55. The van der Waals surface area contributed by atoms with Gasteiger partial charge in [0.15, 0.2) is 17.3 Å². The third-order valence-corrected chi connectivity index (χ3v) is 21.8. The van der Waals surface area contributed by atoms with E-state index in [1.165, 1.54) is 88.6 Å². The second-order valence-electron chi connectivity index (χ2n) is 33.2. The van der Waals surface area contributed by atoms with Crippen molar-refractivity contribution in [3.8, 4) is 0 Å². The van der Waals surface area contributed by atoms with Gasteiger partial charge in [0.25, 0.3) is 17.7 Å². The number of fused-ring (bicyclic) bond motifs is 3. The number of anilines is 9. The maximum atomic E-state index is 14.0. The van der Waals surface area contributed by atoms with Crippen molar-refractivity contribution >= 4 is 122 Å². The number of urea groups is 3. The molecule has 9 amide bonds. The zero-order valence-corrected chi connectivity index (χ0v) is 66.6. The zero-order valence-electron chi connectivity index (χ0n) is 66.6. The highest BCUT2D eigenvalue weighted by Gasteiger charge is 2.44. The number of hydrogen-bond acceptors (Lipinski definition) is 15. The van der Waals surface area contributed by atoms with Gasteiger partial charge in [0.1, 0.15) is 18.1 Å². The van der Waals surface area contributed by atoms with Gasteiger partial charge in [-0.1, -0.05) is 175 Å². The molecule has 3 heterocycles. The quantitative estimate of drug-likeness (QED) is 0.0386. The van der Waals surface area contributed by atoms with Gasteiger partial charge in [-0.25, -0.2) is 28.8 Å². The summed E-state index contributed by atoms with van der Waals surface area (Å²) in [4.78, 5) is 165. The van der Waals surface area contributed by atoms with Crippen molar-refractivity contribution in [1.82, 2.24) is 16.0 Å². The molecule has 27 heteroatoms. The number of benzene rings is 6.